The standard InChI is InChI=1S/C9H14BrNO2/c1-4-7(5-2)11-6-8(10)9(12)13-3/h1,7-8,11H,5-6H2,2-3H3. The predicted octanol–water partition coefficient (Wildman–Crippen LogP) is 0.924. The monoisotopic (exact) mass is 247 g/mol. The number of esters is 1. The molecule has 0 rings (SSSR count). The molecule has 0 bridgehead atoms. The predicted molar refractivity (Wildman–Crippen MR) is 55.6 cm³/mol. The number of ether oxygens (including phenoxy) is 1. The van der Waals surface area contributed by atoms with Crippen molar-refractivity contribution < 1.29 is 9.53 Å². The Labute approximate surface area is 87.4 Å². The summed E-state index contributed by atoms with van der Waals surface area (Å²) in [6.45, 7) is 2.47. The molecule has 4 heteroatoms. The van der Waals surface area contributed by atoms with Crippen LogP contribution in [-0.2, 0) is 9.53 Å². The van der Waals surface area contributed by atoms with Crippen LogP contribution in [0.25, 0.3) is 0 Å². The van der Waals surface area contributed by atoms with Crippen molar-refractivity contribution >= 4 is 21.9 Å². The minimum absolute atomic E-state index is 0.0182. The second-order valence-corrected chi connectivity index (χ2v) is 3.63. The average molecular weight is 248 g/mol. The molecule has 2 atom stereocenters. The van der Waals surface area contributed by atoms with E-state index in [-0.39, 0.29) is 16.8 Å². The fourth-order valence-corrected chi connectivity index (χ4v) is 1.15. The summed E-state index contributed by atoms with van der Waals surface area (Å²) in [6.07, 6.45) is 6.08. The van der Waals surface area contributed by atoms with E-state index in [0.29, 0.717) is 6.54 Å². The third-order valence-electron chi connectivity index (χ3n) is 1.61. The number of halogens is 1. The first-order valence-electron chi connectivity index (χ1n) is 4.07. The van der Waals surface area contributed by atoms with Crippen LogP contribution in [0.1, 0.15) is 13.3 Å². The fraction of sp³-hybridized carbons (Fsp3) is 0.667. The first-order chi connectivity index (χ1) is 6.15. The Balaban J connectivity index is 3.75. The smallest absolute Gasteiger partial charge is 0.320 e. The van der Waals surface area contributed by atoms with Gasteiger partial charge in [0.1, 0.15) is 4.83 Å². The van der Waals surface area contributed by atoms with Gasteiger partial charge in [-0.25, -0.2) is 0 Å². The number of nitrogens with one attached hydrogen (secondary N) is 1. The molecule has 0 aromatic heterocycles. The van der Waals surface area contributed by atoms with Crippen LogP contribution in [0.4, 0.5) is 0 Å². The molecule has 0 aliphatic carbocycles. The molecule has 0 fully saturated rings. The second kappa shape index (κ2) is 6.93. The normalized spacial score (nSPS) is 14.3. The topological polar surface area (TPSA) is 38.3 Å². The van der Waals surface area contributed by atoms with E-state index in [0.717, 1.165) is 6.42 Å². The summed E-state index contributed by atoms with van der Waals surface area (Å²) in [5, 5.41) is 3.05. The molecule has 0 heterocycles. The molecular weight excluding hydrogens is 234 g/mol. The van der Waals surface area contributed by atoms with Gasteiger partial charge in [-0.1, -0.05) is 28.8 Å². The van der Waals surface area contributed by atoms with Gasteiger partial charge in [-0.3, -0.25) is 4.79 Å². The van der Waals surface area contributed by atoms with Crippen LogP contribution >= 0.6 is 15.9 Å². The van der Waals surface area contributed by atoms with Crippen LogP contribution in [0.2, 0.25) is 0 Å². The number of hydrogen-bond donors (Lipinski definition) is 1. The Morgan fingerprint density at radius 3 is 2.77 bits per heavy atom. The molecule has 0 aliphatic heterocycles. The van der Waals surface area contributed by atoms with E-state index in [2.05, 4.69) is 31.9 Å². The zero-order valence-electron chi connectivity index (χ0n) is 7.84. The van der Waals surface area contributed by atoms with E-state index in [1.54, 1.807) is 0 Å². The second-order valence-electron chi connectivity index (χ2n) is 2.53. The van der Waals surface area contributed by atoms with Crippen LogP contribution in [0.15, 0.2) is 0 Å². The number of carbonyl (C=O) groups excluding carboxylic acids is 1. The highest BCUT2D eigenvalue weighted by Crippen LogP contribution is 2.01. The van der Waals surface area contributed by atoms with Gasteiger partial charge in [-0.2, -0.15) is 0 Å². The lowest BCUT2D eigenvalue weighted by molar-refractivity contribution is -0.139. The van der Waals surface area contributed by atoms with Crippen LogP contribution in [0, 0.1) is 12.3 Å². The molecule has 2 unspecified atom stereocenters. The summed E-state index contributed by atoms with van der Waals surface area (Å²) in [5.74, 6) is 2.29. The van der Waals surface area contributed by atoms with Gasteiger partial charge in [0.05, 0.1) is 13.2 Å². The first-order valence-corrected chi connectivity index (χ1v) is 4.98. The first kappa shape index (κ1) is 12.5. The molecule has 0 aliphatic rings. The van der Waals surface area contributed by atoms with Crippen molar-refractivity contribution in [3.05, 3.63) is 0 Å². The number of terminal acetylenes is 1. The molecular formula is C9H14BrNO2. The van der Waals surface area contributed by atoms with E-state index in [9.17, 15) is 4.79 Å². The third kappa shape index (κ3) is 4.91. The van der Waals surface area contributed by atoms with Gasteiger partial charge in [0.2, 0.25) is 0 Å². The third-order valence-corrected chi connectivity index (χ3v) is 2.31. The quantitative estimate of drug-likeness (QED) is 0.446. The Kier molecular flexibility index (Phi) is 6.65. The number of methoxy groups -OCH3 is 1. The molecule has 1 N–H and O–H groups in total. The summed E-state index contributed by atoms with van der Waals surface area (Å²) in [6, 6.07) is 0.0182. The molecule has 0 saturated carbocycles. The van der Waals surface area contributed by atoms with E-state index in [1.807, 2.05) is 6.92 Å². The Morgan fingerprint density at radius 2 is 2.38 bits per heavy atom. The highest BCUT2D eigenvalue weighted by Gasteiger charge is 2.15. The van der Waals surface area contributed by atoms with Crippen LogP contribution in [0.5, 0.6) is 0 Å². The van der Waals surface area contributed by atoms with Crippen LogP contribution in [0.3, 0.4) is 0 Å². The van der Waals surface area contributed by atoms with Crippen molar-refractivity contribution in [2.24, 2.45) is 0 Å². The highest BCUT2D eigenvalue weighted by atomic mass is 79.9. The zero-order chi connectivity index (χ0) is 10.3. The molecule has 0 aromatic rings. The maximum atomic E-state index is 10.9. The highest BCUT2D eigenvalue weighted by molar-refractivity contribution is 9.10. The molecule has 3 nitrogen and oxygen atoms in total. The Morgan fingerprint density at radius 1 is 1.77 bits per heavy atom. The van der Waals surface area contributed by atoms with Crippen LogP contribution in [-0.4, -0.2) is 30.5 Å². The average Bonchev–Trinajstić information content (AvgIpc) is 2.17. The van der Waals surface area contributed by atoms with Gasteiger partial charge >= 0.3 is 5.97 Å². The van der Waals surface area contributed by atoms with Gasteiger partial charge in [-0.15, -0.1) is 6.42 Å². The number of alkyl halides is 1. The molecule has 0 saturated heterocycles. The van der Waals surface area contributed by atoms with E-state index < -0.39 is 0 Å². The lowest BCUT2D eigenvalue weighted by atomic mass is 10.2. The SMILES string of the molecule is C#CC(CC)NCC(Br)C(=O)OC. The van der Waals surface area contributed by atoms with E-state index in [4.69, 9.17) is 6.42 Å². The lowest BCUT2D eigenvalue weighted by Crippen LogP contribution is -2.35. The molecule has 0 aromatic carbocycles. The minimum atomic E-state index is -0.333. The summed E-state index contributed by atoms with van der Waals surface area (Å²) in [5.41, 5.74) is 0. The van der Waals surface area contributed by atoms with Gasteiger partial charge < -0.3 is 10.1 Å². The summed E-state index contributed by atoms with van der Waals surface area (Å²) in [7, 11) is 1.36. The number of hydrogen-bond acceptors (Lipinski definition) is 3. The minimum Gasteiger partial charge on any atom is -0.468 e. The van der Waals surface area contributed by atoms with Crippen molar-refractivity contribution in [1.82, 2.24) is 5.32 Å². The maximum Gasteiger partial charge on any atom is 0.320 e. The van der Waals surface area contributed by atoms with Gasteiger partial charge in [-0.05, 0) is 6.42 Å². The molecule has 13 heavy (non-hydrogen) atoms. The van der Waals surface area contributed by atoms with Crippen LogP contribution < -0.4 is 5.32 Å². The molecule has 74 valence electrons. The van der Waals surface area contributed by atoms with Gasteiger partial charge in [0.15, 0.2) is 0 Å². The number of rotatable bonds is 5. The summed E-state index contributed by atoms with van der Waals surface area (Å²) >= 11 is 3.18. The van der Waals surface area contributed by atoms with E-state index >= 15 is 0 Å². The van der Waals surface area contributed by atoms with Gasteiger partial charge in [0.25, 0.3) is 0 Å². The largest absolute Gasteiger partial charge is 0.468 e. The Bertz CT molecular complexity index is 200. The summed E-state index contributed by atoms with van der Waals surface area (Å²) < 4.78 is 4.53. The van der Waals surface area contributed by atoms with Gasteiger partial charge in [0, 0.05) is 6.54 Å². The fourth-order valence-electron chi connectivity index (χ4n) is 0.778. The lowest BCUT2D eigenvalue weighted by Gasteiger charge is -2.12. The maximum absolute atomic E-state index is 10.9. The van der Waals surface area contributed by atoms with Crippen molar-refractivity contribution in [2.45, 2.75) is 24.2 Å². The van der Waals surface area contributed by atoms with Crippen molar-refractivity contribution in [3.8, 4) is 12.3 Å². The van der Waals surface area contributed by atoms with E-state index in [1.165, 1.54) is 7.11 Å². The zero-order valence-corrected chi connectivity index (χ0v) is 9.43. The molecule has 0 spiro atoms. The molecule has 0 radical (unpaired) electrons. The summed E-state index contributed by atoms with van der Waals surface area (Å²) in [4.78, 5) is 10.6. The Hall–Kier alpha value is -0.530. The number of carbonyl (C=O) groups is 1. The van der Waals surface area contributed by atoms with Crippen molar-refractivity contribution in [1.29, 1.82) is 0 Å². The van der Waals surface area contributed by atoms with Crippen molar-refractivity contribution in [3.63, 3.8) is 0 Å². The molecule has 0 amide bonds. The van der Waals surface area contributed by atoms with Crippen molar-refractivity contribution in [2.75, 3.05) is 13.7 Å².